The molecule has 3 rings (SSSR count). The largest absolute Gasteiger partial charge is 0.321 e. The molecule has 1 aromatic heterocycles. The zero-order valence-electron chi connectivity index (χ0n) is 15.7. The number of hydrogen-bond donors (Lipinski definition) is 1. The van der Waals surface area contributed by atoms with Crippen LogP contribution in [0.5, 0.6) is 0 Å². The lowest BCUT2D eigenvalue weighted by atomic mass is 10.1. The van der Waals surface area contributed by atoms with Crippen molar-refractivity contribution in [1.29, 1.82) is 5.26 Å². The average molecular weight is 355 g/mol. The molecule has 0 unspecified atom stereocenters. The second-order valence-electron chi connectivity index (χ2n) is 6.51. The van der Waals surface area contributed by atoms with E-state index < -0.39 is 5.91 Å². The fourth-order valence-electron chi connectivity index (χ4n) is 3.04. The maximum Gasteiger partial charge on any atom is 0.266 e. The second-order valence-corrected chi connectivity index (χ2v) is 6.51. The normalized spacial score (nSPS) is 11.1. The average Bonchev–Trinajstić information content (AvgIpc) is 3.02. The minimum atomic E-state index is -0.414. The number of nitriles is 1. The van der Waals surface area contributed by atoms with E-state index in [1.807, 2.05) is 92.1 Å². The number of aryl methyl sites for hydroxylation is 3. The summed E-state index contributed by atoms with van der Waals surface area (Å²) in [6, 6.07) is 21.5. The first-order chi connectivity index (χ1) is 13.0. The molecule has 4 nitrogen and oxygen atoms in total. The van der Waals surface area contributed by atoms with Gasteiger partial charge in [-0.1, -0.05) is 35.9 Å². The summed E-state index contributed by atoms with van der Waals surface area (Å²) in [6.07, 6.45) is 1.62. The third-order valence-corrected chi connectivity index (χ3v) is 4.41. The molecule has 4 heteroatoms. The molecule has 1 amide bonds. The number of nitrogens with zero attached hydrogens (tertiary/aromatic N) is 2. The van der Waals surface area contributed by atoms with Crippen LogP contribution in [-0.2, 0) is 4.79 Å². The number of anilines is 1. The van der Waals surface area contributed by atoms with Gasteiger partial charge in [-0.3, -0.25) is 4.79 Å². The van der Waals surface area contributed by atoms with Crippen LogP contribution in [0.4, 0.5) is 5.69 Å². The Labute approximate surface area is 159 Å². The summed E-state index contributed by atoms with van der Waals surface area (Å²) < 4.78 is 2.02. The minimum absolute atomic E-state index is 0.0604. The van der Waals surface area contributed by atoms with E-state index >= 15 is 0 Å². The highest BCUT2D eigenvalue weighted by molar-refractivity contribution is 6.09. The van der Waals surface area contributed by atoms with Crippen LogP contribution in [0.2, 0.25) is 0 Å². The quantitative estimate of drug-likeness (QED) is 0.532. The Morgan fingerprint density at radius 3 is 2.44 bits per heavy atom. The number of benzene rings is 2. The number of carbonyl (C=O) groups is 1. The van der Waals surface area contributed by atoms with Crippen molar-refractivity contribution in [3.05, 3.63) is 88.8 Å². The van der Waals surface area contributed by atoms with Crippen molar-refractivity contribution in [2.45, 2.75) is 20.8 Å². The van der Waals surface area contributed by atoms with Crippen LogP contribution >= 0.6 is 0 Å². The van der Waals surface area contributed by atoms with E-state index in [0.717, 1.165) is 28.2 Å². The Balaban J connectivity index is 1.94. The van der Waals surface area contributed by atoms with Gasteiger partial charge in [0.15, 0.2) is 0 Å². The molecule has 0 saturated heterocycles. The van der Waals surface area contributed by atoms with E-state index in [1.54, 1.807) is 6.08 Å². The van der Waals surface area contributed by atoms with Crippen molar-refractivity contribution in [2.24, 2.45) is 0 Å². The maximum absolute atomic E-state index is 12.6. The van der Waals surface area contributed by atoms with Crippen molar-refractivity contribution in [3.8, 4) is 11.8 Å². The van der Waals surface area contributed by atoms with Crippen LogP contribution in [0, 0.1) is 32.1 Å². The predicted octanol–water partition coefficient (Wildman–Crippen LogP) is 4.95. The molecule has 0 saturated carbocycles. The fraction of sp³-hybridized carbons (Fsp3) is 0.130. The molecule has 0 aliphatic rings. The highest BCUT2D eigenvalue weighted by Gasteiger charge is 2.13. The van der Waals surface area contributed by atoms with Gasteiger partial charge in [-0.2, -0.15) is 5.26 Å². The number of rotatable bonds is 4. The predicted molar refractivity (Wildman–Crippen MR) is 109 cm³/mol. The van der Waals surface area contributed by atoms with Gasteiger partial charge in [0.2, 0.25) is 0 Å². The molecule has 27 heavy (non-hydrogen) atoms. The van der Waals surface area contributed by atoms with E-state index in [2.05, 4.69) is 5.32 Å². The number of hydrogen-bond acceptors (Lipinski definition) is 2. The summed E-state index contributed by atoms with van der Waals surface area (Å²) in [6.45, 7) is 5.92. The van der Waals surface area contributed by atoms with Gasteiger partial charge in [-0.15, -0.1) is 0 Å². The zero-order valence-corrected chi connectivity index (χ0v) is 15.7. The summed E-state index contributed by atoms with van der Waals surface area (Å²) in [5.74, 6) is -0.414. The molecular formula is C23H21N3O. The fourth-order valence-corrected chi connectivity index (χ4v) is 3.04. The van der Waals surface area contributed by atoms with Crippen LogP contribution in [0.3, 0.4) is 0 Å². The number of carbonyl (C=O) groups excluding carboxylic acids is 1. The molecular weight excluding hydrogens is 334 g/mol. The molecule has 0 fully saturated rings. The number of nitrogens with one attached hydrogen (secondary N) is 1. The lowest BCUT2D eigenvalue weighted by molar-refractivity contribution is -0.112. The maximum atomic E-state index is 12.6. The Hall–Kier alpha value is -3.58. The number of aromatic nitrogens is 1. The molecule has 134 valence electrons. The lowest BCUT2D eigenvalue weighted by Crippen LogP contribution is -2.14. The van der Waals surface area contributed by atoms with E-state index in [9.17, 15) is 10.1 Å². The third-order valence-electron chi connectivity index (χ3n) is 4.41. The molecule has 0 aliphatic heterocycles. The van der Waals surface area contributed by atoms with Gasteiger partial charge in [0.1, 0.15) is 11.6 Å². The Morgan fingerprint density at radius 1 is 1.04 bits per heavy atom. The Bertz CT molecular complexity index is 1050. The second kappa shape index (κ2) is 7.76. The standard InChI is InChI=1S/C23H21N3O/c1-16-9-12-22(17(2)13-16)25-23(27)19(15-24)14-21-11-10-18(3)26(21)20-7-5-4-6-8-20/h4-14H,1-3H3,(H,25,27)/b19-14-. The summed E-state index contributed by atoms with van der Waals surface area (Å²) >= 11 is 0. The molecule has 1 N–H and O–H groups in total. The van der Waals surface area contributed by atoms with Crippen molar-refractivity contribution in [3.63, 3.8) is 0 Å². The highest BCUT2D eigenvalue weighted by Crippen LogP contribution is 2.21. The summed E-state index contributed by atoms with van der Waals surface area (Å²) in [5.41, 5.74) is 5.65. The molecule has 0 bridgehead atoms. The van der Waals surface area contributed by atoms with Gasteiger partial charge >= 0.3 is 0 Å². The Kier molecular flexibility index (Phi) is 5.23. The van der Waals surface area contributed by atoms with Gasteiger partial charge in [0, 0.05) is 22.8 Å². The first-order valence-electron chi connectivity index (χ1n) is 8.74. The lowest BCUT2D eigenvalue weighted by Gasteiger charge is -2.11. The molecule has 0 aliphatic carbocycles. The molecule has 1 heterocycles. The summed E-state index contributed by atoms with van der Waals surface area (Å²) in [5, 5.41) is 12.4. The third kappa shape index (κ3) is 3.99. The first kappa shape index (κ1) is 18.2. The van der Waals surface area contributed by atoms with Crippen molar-refractivity contribution < 1.29 is 4.79 Å². The monoisotopic (exact) mass is 355 g/mol. The van der Waals surface area contributed by atoms with Gasteiger partial charge in [-0.05, 0) is 62.7 Å². The van der Waals surface area contributed by atoms with Gasteiger partial charge < -0.3 is 9.88 Å². The van der Waals surface area contributed by atoms with E-state index in [1.165, 1.54) is 0 Å². The molecule has 0 spiro atoms. The minimum Gasteiger partial charge on any atom is -0.321 e. The number of amides is 1. The van der Waals surface area contributed by atoms with Crippen molar-refractivity contribution >= 4 is 17.7 Å². The van der Waals surface area contributed by atoms with Gasteiger partial charge in [0.25, 0.3) is 5.91 Å². The van der Waals surface area contributed by atoms with Crippen LogP contribution in [-0.4, -0.2) is 10.5 Å². The van der Waals surface area contributed by atoms with Gasteiger partial charge in [-0.25, -0.2) is 0 Å². The topological polar surface area (TPSA) is 57.8 Å². The van der Waals surface area contributed by atoms with E-state index in [4.69, 9.17) is 0 Å². The molecule has 3 aromatic rings. The molecule has 0 radical (unpaired) electrons. The van der Waals surface area contributed by atoms with Crippen LogP contribution in [0.15, 0.2) is 66.2 Å². The smallest absolute Gasteiger partial charge is 0.266 e. The van der Waals surface area contributed by atoms with Crippen molar-refractivity contribution in [1.82, 2.24) is 4.57 Å². The highest BCUT2D eigenvalue weighted by atomic mass is 16.1. The summed E-state index contributed by atoms with van der Waals surface area (Å²) in [4.78, 5) is 12.6. The van der Waals surface area contributed by atoms with E-state index in [-0.39, 0.29) is 5.57 Å². The first-order valence-corrected chi connectivity index (χ1v) is 8.74. The zero-order chi connectivity index (χ0) is 19.4. The van der Waals surface area contributed by atoms with E-state index in [0.29, 0.717) is 5.69 Å². The van der Waals surface area contributed by atoms with Crippen LogP contribution in [0.1, 0.15) is 22.5 Å². The van der Waals surface area contributed by atoms with Gasteiger partial charge in [0.05, 0.1) is 0 Å². The molecule has 2 aromatic carbocycles. The number of para-hydroxylation sites is 1. The van der Waals surface area contributed by atoms with Crippen LogP contribution < -0.4 is 5.32 Å². The molecule has 0 atom stereocenters. The summed E-state index contributed by atoms with van der Waals surface area (Å²) in [7, 11) is 0. The van der Waals surface area contributed by atoms with Crippen LogP contribution in [0.25, 0.3) is 11.8 Å². The van der Waals surface area contributed by atoms with Crippen molar-refractivity contribution in [2.75, 3.05) is 5.32 Å². The Morgan fingerprint density at radius 2 is 1.78 bits per heavy atom. The SMILES string of the molecule is Cc1ccc(NC(=O)/C(C#N)=C\c2ccc(C)n2-c2ccccc2)c(C)c1.